The van der Waals surface area contributed by atoms with Gasteiger partial charge >= 0.3 is 0 Å². The molecule has 0 radical (unpaired) electrons. The summed E-state index contributed by atoms with van der Waals surface area (Å²) in [5.74, 6) is -0.0951. The van der Waals surface area contributed by atoms with E-state index in [2.05, 4.69) is 12.2 Å². The molecule has 0 aliphatic carbocycles. The topological polar surface area (TPSA) is 66.5 Å². The maximum absolute atomic E-state index is 12.4. The van der Waals surface area contributed by atoms with E-state index < -0.39 is 10.0 Å². The van der Waals surface area contributed by atoms with Crippen LogP contribution in [0.25, 0.3) is 10.1 Å². The predicted molar refractivity (Wildman–Crippen MR) is 122 cm³/mol. The van der Waals surface area contributed by atoms with Gasteiger partial charge < -0.3 is 5.32 Å². The Morgan fingerprint density at radius 2 is 1.86 bits per heavy atom. The minimum atomic E-state index is -3.49. The zero-order chi connectivity index (χ0) is 21.0. The van der Waals surface area contributed by atoms with E-state index in [1.54, 1.807) is 18.2 Å². The average molecular weight is 451 g/mol. The van der Waals surface area contributed by atoms with Crippen molar-refractivity contribution in [2.24, 2.45) is 0 Å². The van der Waals surface area contributed by atoms with Crippen LogP contribution in [0, 0.1) is 0 Å². The monoisotopic (exact) mass is 450 g/mol. The number of amides is 1. The highest BCUT2D eigenvalue weighted by atomic mass is 35.5. The summed E-state index contributed by atoms with van der Waals surface area (Å²) in [5.41, 5.74) is 1.40. The Hall–Kier alpha value is -2.09. The third-order valence-electron chi connectivity index (χ3n) is 4.47. The number of fused-ring (bicyclic) bond motifs is 1. The first kappa shape index (κ1) is 21.6. The van der Waals surface area contributed by atoms with Crippen LogP contribution in [0.3, 0.4) is 0 Å². The second kappa shape index (κ2) is 9.15. The Balaban J connectivity index is 1.89. The fourth-order valence-electron chi connectivity index (χ4n) is 2.92. The first-order valence-corrected chi connectivity index (χ1v) is 12.4. The molecule has 2 aromatic carbocycles. The van der Waals surface area contributed by atoms with Crippen LogP contribution in [0.15, 0.2) is 48.5 Å². The lowest BCUT2D eigenvalue weighted by Crippen LogP contribution is -2.29. The number of benzene rings is 2. The molecule has 0 spiro atoms. The summed E-state index contributed by atoms with van der Waals surface area (Å²) in [6.07, 6.45) is 3.15. The van der Waals surface area contributed by atoms with Crippen molar-refractivity contribution >= 4 is 54.6 Å². The quantitative estimate of drug-likeness (QED) is 0.488. The molecule has 3 aromatic rings. The smallest absolute Gasteiger partial charge is 0.261 e. The van der Waals surface area contributed by atoms with Gasteiger partial charge in [-0.3, -0.25) is 9.10 Å². The molecule has 0 fully saturated rings. The molecule has 1 N–H and O–H groups in total. The van der Waals surface area contributed by atoms with Gasteiger partial charge in [-0.05, 0) is 53.8 Å². The van der Waals surface area contributed by atoms with Crippen molar-refractivity contribution in [2.75, 3.05) is 17.1 Å². The van der Waals surface area contributed by atoms with Gasteiger partial charge in [0.2, 0.25) is 10.0 Å². The van der Waals surface area contributed by atoms with E-state index in [1.165, 1.54) is 21.9 Å². The van der Waals surface area contributed by atoms with E-state index in [0.29, 0.717) is 22.1 Å². The van der Waals surface area contributed by atoms with Crippen LogP contribution in [0.5, 0.6) is 0 Å². The van der Waals surface area contributed by atoms with Gasteiger partial charge in [-0.2, -0.15) is 0 Å². The molecule has 8 heteroatoms. The molecule has 0 bridgehead atoms. The molecular weight excluding hydrogens is 428 g/mol. The van der Waals surface area contributed by atoms with Gasteiger partial charge in [0.1, 0.15) is 0 Å². The number of carbonyl (C=O) groups excluding carboxylic acids is 1. The standard InChI is InChI=1S/C21H23ClN2O3S2/c1-3-4-11-23-21(25)20-13-16-12-18(9-10-19(16)28-20)24(29(2,26)27)14-15-5-7-17(22)8-6-15/h5-10,12-13H,3-4,11,14H2,1-2H3,(H,23,25). The summed E-state index contributed by atoms with van der Waals surface area (Å²) in [6.45, 7) is 2.93. The largest absolute Gasteiger partial charge is 0.351 e. The third-order valence-corrected chi connectivity index (χ3v) is 6.97. The molecule has 0 unspecified atom stereocenters. The van der Waals surface area contributed by atoms with E-state index in [4.69, 9.17) is 11.6 Å². The molecule has 0 atom stereocenters. The molecular formula is C21H23ClN2O3S2. The number of unbranched alkanes of at least 4 members (excludes halogenated alkanes) is 1. The first-order valence-electron chi connectivity index (χ1n) is 9.32. The van der Waals surface area contributed by atoms with Gasteiger partial charge in [0.25, 0.3) is 5.91 Å². The number of nitrogens with one attached hydrogen (secondary N) is 1. The van der Waals surface area contributed by atoms with E-state index in [0.717, 1.165) is 28.5 Å². The normalized spacial score (nSPS) is 11.6. The second-order valence-electron chi connectivity index (χ2n) is 6.84. The van der Waals surface area contributed by atoms with Gasteiger partial charge in [-0.25, -0.2) is 8.42 Å². The number of anilines is 1. The van der Waals surface area contributed by atoms with Gasteiger partial charge in [-0.15, -0.1) is 11.3 Å². The highest BCUT2D eigenvalue weighted by Gasteiger charge is 2.19. The molecule has 154 valence electrons. The van der Waals surface area contributed by atoms with Crippen molar-refractivity contribution in [1.82, 2.24) is 5.32 Å². The van der Waals surface area contributed by atoms with Gasteiger partial charge in [0, 0.05) is 16.3 Å². The summed E-state index contributed by atoms with van der Waals surface area (Å²) in [6, 6.07) is 14.3. The van der Waals surface area contributed by atoms with Crippen molar-refractivity contribution in [3.63, 3.8) is 0 Å². The summed E-state index contributed by atoms with van der Waals surface area (Å²) >= 11 is 7.33. The van der Waals surface area contributed by atoms with Crippen LogP contribution in [-0.4, -0.2) is 27.1 Å². The van der Waals surface area contributed by atoms with Gasteiger partial charge in [0.05, 0.1) is 23.4 Å². The Labute approximate surface area is 180 Å². The summed E-state index contributed by atoms with van der Waals surface area (Å²) in [5, 5.41) is 4.36. The Morgan fingerprint density at radius 1 is 1.14 bits per heavy atom. The lowest BCUT2D eigenvalue weighted by molar-refractivity contribution is 0.0957. The zero-order valence-corrected chi connectivity index (χ0v) is 18.7. The Bertz CT molecular complexity index is 1110. The molecule has 1 amide bonds. The number of hydrogen-bond acceptors (Lipinski definition) is 4. The fourth-order valence-corrected chi connectivity index (χ4v) is 4.88. The number of hydrogen-bond donors (Lipinski definition) is 1. The molecule has 0 aliphatic heterocycles. The molecule has 5 nitrogen and oxygen atoms in total. The lowest BCUT2D eigenvalue weighted by Gasteiger charge is -2.22. The molecule has 29 heavy (non-hydrogen) atoms. The Morgan fingerprint density at radius 3 is 2.52 bits per heavy atom. The van der Waals surface area contributed by atoms with Gasteiger partial charge in [0.15, 0.2) is 0 Å². The first-order chi connectivity index (χ1) is 13.8. The van der Waals surface area contributed by atoms with E-state index in [9.17, 15) is 13.2 Å². The van der Waals surface area contributed by atoms with Crippen LogP contribution in [0.2, 0.25) is 5.02 Å². The number of nitrogens with zero attached hydrogens (tertiary/aromatic N) is 1. The van der Waals surface area contributed by atoms with Crippen molar-refractivity contribution in [3.05, 3.63) is 64.0 Å². The highest BCUT2D eigenvalue weighted by Crippen LogP contribution is 2.31. The van der Waals surface area contributed by atoms with Crippen LogP contribution in [0.4, 0.5) is 5.69 Å². The summed E-state index contributed by atoms with van der Waals surface area (Å²) in [4.78, 5) is 12.9. The molecule has 0 aliphatic rings. The minimum absolute atomic E-state index is 0.0951. The molecule has 0 saturated heterocycles. The second-order valence-corrected chi connectivity index (χ2v) is 10.3. The third kappa shape index (κ3) is 5.50. The SMILES string of the molecule is CCCCNC(=O)c1cc2cc(N(Cc3ccc(Cl)cc3)S(C)(=O)=O)ccc2s1. The minimum Gasteiger partial charge on any atom is -0.351 e. The molecule has 0 saturated carbocycles. The maximum atomic E-state index is 12.4. The molecule has 1 aromatic heterocycles. The van der Waals surface area contributed by atoms with Crippen LogP contribution in [-0.2, 0) is 16.6 Å². The summed E-state index contributed by atoms with van der Waals surface area (Å²) in [7, 11) is -3.49. The van der Waals surface area contributed by atoms with Crippen molar-refractivity contribution in [1.29, 1.82) is 0 Å². The van der Waals surface area contributed by atoms with Gasteiger partial charge in [-0.1, -0.05) is 37.1 Å². The summed E-state index contributed by atoms with van der Waals surface area (Å²) < 4.78 is 27.2. The van der Waals surface area contributed by atoms with Crippen molar-refractivity contribution in [3.8, 4) is 0 Å². The Kier molecular flexibility index (Phi) is 6.82. The predicted octanol–water partition coefficient (Wildman–Crippen LogP) is 5.05. The van der Waals surface area contributed by atoms with E-state index in [-0.39, 0.29) is 12.5 Å². The molecule has 3 rings (SSSR count). The van der Waals surface area contributed by atoms with E-state index in [1.807, 2.05) is 30.3 Å². The van der Waals surface area contributed by atoms with Crippen LogP contribution < -0.4 is 9.62 Å². The lowest BCUT2D eigenvalue weighted by atomic mass is 10.2. The number of sulfonamides is 1. The number of carbonyl (C=O) groups is 1. The average Bonchev–Trinajstić information content (AvgIpc) is 3.10. The fraction of sp³-hybridized carbons (Fsp3) is 0.286. The van der Waals surface area contributed by atoms with E-state index >= 15 is 0 Å². The highest BCUT2D eigenvalue weighted by molar-refractivity contribution is 7.92. The zero-order valence-electron chi connectivity index (χ0n) is 16.3. The van der Waals surface area contributed by atoms with Crippen molar-refractivity contribution in [2.45, 2.75) is 26.3 Å². The van der Waals surface area contributed by atoms with Crippen molar-refractivity contribution < 1.29 is 13.2 Å². The van der Waals surface area contributed by atoms with Crippen LogP contribution >= 0.6 is 22.9 Å². The number of rotatable bonds is 8. The molecule has 1 heterocycles. The number of thiophene rings is 1. The van der Waals surface area contributed by atoms with Crippen LogP contribution in [0.1, 0.15) is 35.0 Å². The maximum Gasteiger partial charge on any atom is 0.261 e. The number of halogens is 1.